The lowest BCUT2D eigenvalue weighted by Crippen LogP contribution is -2.37. The fourth-order valence-corrected chi connectivity index (χ4v) is 2.27. The van der Waals surface area contributed by atoms with Gasteiger partial charge in [-0.2, -0.15) is 0 Å². The molecule has 94 valence electrons. The highest BCUT2D eigenvalue weighted by Gasteiger charge is 2.28. The van der Waals surface area contributed by atoms with Crippen LogP contribution in [0.15, 0.2) is 0 Å². The zero-order valence-corrected chi connectivity index (χ0v) is 10.5. The number of epoxide rings is 1. The van der Waals surface area contributed by atoms with Gasteiger partial charge in [-0.25, -0.2) is 0 Å². The third-order valence-corrected chi connectivity index (χ3v) is 3.49. The van der Waals surface area contributed by atoms with E-state index in [2.05, 4.69) is 13.8 Å². The van der Waals surface area contributed by atoms with Crippen molar-refractivity contribution in [3.8, 4) is 0 Å². The van der Waals surface area contributed by atoms with Crippen molar-refractivity contribution >= 4 is 0 Å². The van der Waals surface area contributed by atoms with Crippen molar-refractivity contribution < 1.29 is 14.2 Å². The molecule has 0 spiro atoms. The van der Waals surface area contributed by atoms with Crippen LogP contribution in [0, 0.1) is 0 Å². The molecule has 2 rings (SSSR count). The van der Waals surface area contributed by atoms with Gasteiger partial charge in [0.05, 0.1) is 24.9 Å². The minimum absolute atomic E-state index is 0.0300. The lowest BCUT2D eigenvalue weighted by atomic mass is 10.1. The van der Waals surface area contributed by atoms with Gasteiger partial charge in [0.1, 0.15) is 0 Å². The van der Waals surface area contributed by atoms with E-state index in [4.69, 9.17) is 14.2 Å². The highest BCUT2D eigenvalue weighted by Crippen LogP contribution is 2.26. The number of hydrogen-bond donors (Lipinski definition) is 0. The van der Waals surface area contributed by atoms with Crippen LogP contribution in [0.1, 0.15) is 52.4 Å². The van der Waals surface area contributed by atoms with Crippen LogP contribution in [0.5, 0.6) is 0 Å². The zero-order chi connectivity index (χ0) is 11.4. The Kier molecular flexibility index (Phi) is 4.62. The molecule has 2 aliphatic heterocycles. The van der Waals surface area contributed by atoms with Crippen molar-refractivity contribution in [2.24, 2.45) is 0 Å². The molecule has 2 aliphatic rings. The average molecular weight is 228 g/mol. The van der Waals surface area contributed by atoms with Gasteiger partial charge < -0.3 is 14.2 Å². The first-order valence-electron chi connectivity index (χ1n) is 6.74. The van der Waals surface area contributed by atoms with Crippen molar-refractivity contribution in [3.63, 3.8) is 0 Å². The molecule has 2 fully saturated rings. The molecule has 2 heterocycles. The van der Waals surface area contributed by atoms with Crippen molar-refractivity contribution in [1.29, 1.82) is 0 Å². The van der Waals surface area contributed by atoms with Crippen molar-refractivity contribution in [2.75, 3.05) is 6.61 Å². The Bertz CT molecular complexity index is 191. The summed E-state index contributed by atoms with van der Waals surface area (Å²) in [6.45, 7) is 5.34. The number of rotatable bonds is 6. The molecule has 0 aliphatic carbocycles. The Hall–Kier alpha value is -0.120. The van der Waals surface area contributed by atoms with E-state index in [9.17, 15) is 0 Å². The standard InChI is InChI=1S/C13H24O3/c1-3-10-8-11(4-2)16-13(15-10)7-5-6-12-9-14-12/h10-13H,3-9H2,1-2H3. The van der Waals surface area contributed by atoms with E-state index >= 15 is 0 Å². The first-order chi connectivity index (χ1) is 7.81. The van der Waals surface area contributed by atoms with Crippen LogP contribution < -0.4 is 0 Å². The van der Waals surface area contributed by atoms with Gasteiger partial charge in [-0.3, -0.25) is 0 Å². The van der Waals surface area contributed by atoms with E-state index in [0.29, 0.717) is 18.3 Å². The fraction of sp³-hybridized carbons (Fsp3) is 1.00. The SMILES string of the molecule is CCC1CC(CC)OC(CCCC2CO2)O1. The maximum absolute atomic E-state index is 5.91. The quantitative estimate of drug-likeness (QED) is 0.655. The molecule has 16 heavy (non-hydrogen) atoms. The molecule has 0 N–H and O–H groups in total. The molecular formula is C13H24O3. The minimum atomic E-state index is 0.0300. The lowest BCUT2D eigenvalue weighted by molar-refractivity contribution is -0.245. The van der Waals surface area contributed by atoms with Crippen LogP contribution in [-0.4, -0.2) is 31.2 Å². The van der Waals surface area contributed by atoms with E-state index in [-0.39, 0.29) is 6.29 Å². The predicted molar refractivity (Wildman–Crippen MR) is 62.3 cm³/mol. The Balaban J connectivity index is 1.69. The largest absolute Gasteiger partial charge is 0.373 e. The van der Waals surface area contributed by atoms with Gasteiger partial charge in [-0.15, -0.1) is 0 Å². The maximum atomic E-state index is 5.91. The molecule has 3 unspecified atom stereocenters. The third-order valence-electron chi connectivity index (χ3n) is 3.49. The van der Waals surface area contributed by atoms with Crippen LogP contribution in [0.25, 0.3) is 0 Å². The molecule has 0 amide bonds. The number of hydrogen-bond acceptors (Lipinski definition) is 3. The van der Waals surface area contributed by atoms with Crippen molar-refractivity contribution in [2.45, 2.75) is 77.0 Å². The minimum Gasteiger partial charge on any atom is -0.373 e. The summed E-state index contributed by atoms with van der Waals surface area (Å²) in [5.74, 6) is 0. The lowest BCUT2D eigenvalue weighted by Gasteiger charge is -2.35. The Morgan fingerprint density at radius 1 is 0.938 bits per heavy atom. The highest BCUT2D eigenvalue weighted by atomic mass is 16.7. The van der Waals surface area contributed by atoms with E-state index in [0.717, 1.165) is 45.1 Å². The second-order valence-corrected chi connectivity index (χ2v) is 4.88. The molecule has 3 nitrogen and oxygen atoms in total. The molecular weight excluding hydrogens is 204 g/mol. The van der Waals surface area contributed by atoms with Crippen LogP contribution in [-0.2, 0) is 14.2 Å². The smallest absolute Gasteiger partial charge is 0.158 e. The second-order valence-electron chi connectivity index (χ2n) is 4.88. The topological polar surface area (TPSA) is 31.0 Å². The molecule has 3 heteroatoms. The molecule has 2 saturated heterocycles. The predicted octanol–water partition coefficient (Wildman–Crippen LogP) is 2.88. The summed E-state index contributed by atoms with van der Waals surface area (Å²) < 4.78 is 17.0. The van der Waals surface area contributed by atoms with E-state index in [1.165, 1.54) is 0 Å². The molecule has 0 radical (unpaired) electrons. The summed E-state index contributed by atoms with van der Waals surface area (Å²) in [7, 11) is 0. The molecule has 0 bridgehead atoms. The summed E-state index contributed by atoms with van der Waals surface area (Å²) in [4.78, 5) is 0. The molecule has 0 saturated carbocycles. The Labute approximate surface area is 98.4 Å². The Morgan fingerprint density at radius 3 is 2.06 bits per heavy atom. The van der Waals surface area contributed by atoms with Gasteiger partial charge in [0.2, 0.25) is 0 Å². The average Bonchev–Trinajstić information content (AvgIpc) is 3.12. The van der Waals surface area contributed by atoms with Gasteiger partial charge in [0.25, 0.3) is 0 Å². The molecule has 0 aromatic rings. The van der Waals surface area contributed by atoms with Gasteiger partial charge in [-0.1, -0.05) is 13.8 Å². The molecule has 0 aromatic heterocycles. The summed E-state index contributed by atoms with van der Waals surface area (Å²) in [6.07, 6.45) is 7.97. The molecule has 3 atom stereocenters. The zero-order valence-electron chi connectivity index (χ0n) is 10.5. The van der Waals surface area contributed by atoms with Gasteiger partial charge >= 0.3 is 0 Å². The first-order valence-corrected chi connectivity index (χ1v) is 6.74. The highest BCUT2D eigenvalue weighted by molar-refractivity contribution is 4.73. The third kappa shape index (κ3) is 3.72. The van der Waals surface area contributed by atoms with Gasteiger partial charge in [-0.05, 0) is 38.5 Å². The Morgan fingerprint density at radius 2 is 1.56 bits per heavy atom. The van der Waals surface area contributed by atoms with Crippen molar-refractivity contribution in [3.05, 3.63) is 0 Å². The van der Waals surface area contributed by atoms with Gasteiger partial charge in [0, 0.05) is 0 Å². The summed E-state index contributed by atoms with van der Waals surface area (Å²) in [5.41, 5.74) is 0. The second kappa shape index (κ2) is 5.99. The maximum Gasteiger partial charge on any atom is 0.158 e. The van der Waals surface area contributed by atoms with Crippen LogP contribution in [0.4, 0.5) is 0 Å². The normalized spacial score (nSPS) is 38.6. The molecule has 0 aromatic carbocycles. The monoisotopic (exact) mass is 228 g/mol. The van der Waals surface area contributed by atoms with Crippen LogP contribution in [0.3, 0.4) is 0 Å². The summed E-state index contributed by atoms with van der Waals surface area (Å²) >= 11 is 0. The van der Waals surface area contributed by atoms with Crippen LogP contribution >= 0.6 is 0 Å². The van der Waals surface area contributed by atoms with E-state index in [1.807, 2.05) is 0 Å². The van der Waals surface area contributed by atoms with E-state index in [1.54, 1.807) is 0 Å². The summed E-state index contributed by atoms with van der Waals surface area (Å²) in [6, 6.07) is 0. The van der Waals surface area contributed by atoms with Crippen LogP contribution in [0.2, 0.25) is 0 Å². The fourth-order valence-electron chi connectivity index (χ4n) is 2.27. The summed E-state index contributed by atoms with van der Waals surface area (Å²) in [5, 5.41) is 0. The van der Waals surface area contributed by atoms with Gasteiger partial charge in [0.15, 0.2) is 6.29 Å². The first kappa shape index (κ1) is 12.3. The van der Waals surface area contributed by atoms with E-state index < -0.39 is 0 Å². The number of ether oxygens (including phenoxy) is 3. The van der Waals surface area contributed by atoms with Crippen molar-refractivity contribution in [1.82, 2.24) is 0 Å².